The first-order valence-corrected chi connectivity index (χ1v) is 8.60. The zero-order chi connectivity index (χ0) is 15.4. The third kappa shape index (κ3) is 4.28. The maximum atomic E-state index is 5.76. The van der Waals surface area contributed by atoms with Gasteiger partial charge >= 0.3 is 0 Å². The fourth-order valence-electron chi connectivity index (χ4n) is 3.54. The zero-order valence-corrected chi connectivity index (χ0v) is 13.9. The van der Waals surface area contributed by atoms with Gasteiger partial charge in [-0.25, -0.2) is 0 Å². The van der Waals surface area contributed by atoms with Crippen LogP contribution in [0.2, 0.25) is 0 Å². The molecule has 4 nitrogen and oxygen atoms in total. The van der Waals surface area contributed by atoms with Crippen LogP contribution in [0.25, 0.3) is 0 Å². The third-order valence-electron chi connectivity index (χ3n) is 5.01. The molecule has 0 aromatic carbocycles. The van der Waals surface area contributed by atoms with Crippen molar-refractivity contribution in [2.75, 3.05) is 46.9 Å². The van der Waals surface area contributed by atoms with Crippen molar-refractivity contribution in [1.29, 1.82) is 0 Å². The average Bonchev–Trinajstić information content (AvgIpc) is 3.28. The second kappa shape index (κ2) is 7.53. The van der Waals surface area contributed by atoms with Crippen molar-refractivity contribution in [2.24, 2.45) is 11.8 Å². The molecule has 1 saturated heterocycles. The smallest absolute Gasteiger partial charge is 0.0593 e. The van der Waals surface area contributed by atoms with Gasteiger partial charge in [0, 0.05) is 38.1 Å². The maximum Gasteiger partial charge on any atom is 0.0593 e. The molecule has 0 radical (unpaired) electrons. The standard InChI is InChI=1S/C18H29N3O/c1-20(10-11-22-14-15-5-6-15)13-17-7-9-21(2)18(17)16-4-3-8-19-12-16/h3-4,8,12,15,17-18H,5-7,9-11,13-14H2,1-2H3/t17-,18-/m0/s1. The molecule has 2 heterocycles. The second-order valence-electron chi connectivity index (χ2n) is 7.04. The number of nitrogens with zero attached hydrogens (tertiary/aromatic N) is 3. The SMILES string of the molecule is CN(CCOCC1CC1)C[C@@H]1CCN(C)[C@H]1c1cccnc1. The summed E-state index contributed by atoms with van der Waals surface area (Å²) in [7, 11) is 4.45. The third-order valence-corrected chi connectivity index (χ3v) is 5.01. The fraction of sp³-hybridized carbons (Fsp3) is 0.722. The summed E-state index contributed by atoms with van der Waals surface area (Å²) in [6.07, 6.45) is 7.90. The van der Waals surface area contributed by atoms with Gasteiger partial charge in [-0.05, 0) is 63.4 Å². The van der Waals surface area contributed by atoms with E-state index in [1.807, 2.05) is 18.5 Å². The maximum absolute atomic E-state index is 5.76. The molecule has 0 bridgehead atoms. The highest BCUT2D eigenvalue weighted by molar-refractivity contribution is 5.16. The van der Waals surface area contributed by atoms with Crippen LogP contribution in [0.1, 0.15) is 30.9 Å². The van der Waals surface area contributed by atoms with Crippen molar-refractivity contribution in [3.05, 3.63) is 30.1 Å². The van der Waals surface area contributed by atoms with Crippen LogP contribution in [-0.4, -0.2) is 61.7 Å². The van der Waals surface area contributed by atoms with E-state index in [9.17, 15) is 0 Å². The van der Waals surface area contributed by atoms with Gasteiger partial charge in [0.15, 0.2) is 0 Å². The van der Waals surface area contributed by atoms with Crippen LogP contribution in [0.15, 0.2) is 24.5 Å². The van der Waals surface area contributed by atoms with Crippen molar-refractivity contribution in [1.82, 2.24) is 14.8 Å². The van der Waals surface area contributed by atoms with E-state index >= 15 is 0 Å². The molecule has 1 aliphatic heterocycles. The molecule has 0 unspecified atom stereocenters. The number of hydrogen-bond acceptors (Lipinski definition) is 4. The molecule has 1 aromatic heterocycles. The summed E-state index contributed by atoms with van der Waals surface area (Å²) >= 11 is 0. The summed E-state index contributed by atoms with van der Waals surface area (Å²) in [6.45, 7) is 5.19. The number of rotatable bonds is 8. The Morgan fingerprint density at radius 1 is 1.36 bits per heavy atom. The van der Waals surface area contributed by atoms with Gasteiger partial charge in [-0.3, -0.25) is 9.88 Å². The number of ether oxygens (including phenoxy) is 1. The molecular weight excluding hydrogens is 274 g/mol. The van der Waals surface area contributed by atoms with E-state index < -0.39 is 0 Å². The Morgan fingerprint density at radius 2 is 2.23 bits per heavy atom. The lowest BCUT2D eigenvalue weighted by Gasteiger charge is -2.28. The van der Waals surface area contributed by atoms with Gasteiger partial charge in [0.1, 0.15) is 0 Å². The molecule has 1 saturated carbocycles. The normalized spacial score (nSPS) is 26.0. The van der Waals surface area contributed by atoms with Gasteiger partial charge in [-0.2, -0.15) is 0 Å². The summed E-state index contributed by atoms with van der Waals surface area (Å²) < 4.78 is 5.76. The largest absolute Gasteiger partial charge is 0.380 e. The molecule has 122 valence electrons. The number of likely N-dealkylation sites (N-methyl/N-ethyl adjacent to an activating group) is 1. The first-order chi connectivity index (χ1) is 10.7. The van der Waals surface area contributed by atoms with Crippen molar-refractivity contribution < 1.29 is 4.74 Å². The Morgan fingerprint density at radius 3 is 2.95 bits per heavy atom. The van der Waals surface area contributed by atoms with Gasteiger partial charge in [0.05, 0.1) is 6.61 Å². The van der Waals surface area contributed by atoms with Crippen LogP contribution in [0.5, 0.6) is 0 Å². The first kappa shape index (κ1) is 15.9. The van der Waals surface area contributed by atoms with Crippen molar-refractivity contribution in [2.45, 2.75) is 25.3 Å². The zero-order valence-electron chi connectivity index (χ0n) is 13.9. The lowest BCUT2D eigenvalue weighted by Crippen LogP contribution is -2.32. The average molecular weight is 303 g/mol. The van der Waals surface area contributed by atoms with Gasteiger partial charge < -0.3 is 9.64 Å². The molecule has 22 heavy (non-hydrogen) atoms. The number of likely N-dealkylation sites (tertiary alicyclic amines) is 1. The van der Waals surface area contributed by atoms with Crippen molar-refractivity contribution in [3.63, 3.8) is 0 Å². The van der Waals surface area contributed by atoms with Crippen LogP contribution in [0.4, 0.5) is 0 Å². The highest BCUT2D eigenvalue weighted by Crippen LogP contribution is 2.36. The summed E-state index contributed by atoms with van der Waals surface area (Å²) in [5.41, 5.74) is 1.35. The van der Waals surface area contributed by atoms with Gasteiger partial charge in [0.2, 0.25) is 0 Å². The number of pyridine rings is 1. The van der Waals surface area contributed by atoms with E-state index in [1.54, 1.807) is 0 Å². The molecule has 0 spiro atoms. The summed E-state index contributed by atoms with van der Waals surface area (Å²) in [5.74, 6) is 1.55. The monoisotopic (exact) mass is 303 g/mol. The van der Waals surface area contributed by atoms with E-state index in [0.29, 0.717) is 12.0 Å². The van der Waals surface area contributed by atoms with Crippen LogP contribution >= 0.6 is 0 Å². The summed E-state index contributed by atoms with van der Waals surface area (Å²) in [6, 6.07) is 4.77. The minimum absolute atomic E-state index is 0.503. The Kier molecular flexibility index (Phi) is 5.45. The van der Waals surface area contributed by atoms with E-state index in [1.165, 1.54) is 31.4 Å². The molecule has 3 rings (SSSR count). The molecular formula is C18H29N3O. The predicted octanol–water partition coefficient (Wildman–Crippen LogP) is 2.43. The highest BCUT2D eigenvalue weighted by atomic mass is 16.5. The Labute approximate surface area is 134 Å². The van der Waals surface area contributed by atoms with E-state index in [2.05, 4.69) is 34.9 Å². The van der Waals surface area contributed by atoms with E-state index in [-0.39, 0.29) is 0 Å². The molecule has 4 heteroatoms. The molecule has 1 aliphatic carbocycles. The second-order valence-corrected chi connectivity index (χ2v) is 7.04. The van der Waals surface area contributed by atoms with Crippen LogP contribution in [0.3, 0.4) is 0 Å². The topological polar surface area (TPSA) is 28.6 Å². The van der Waals surface area contributed by atoms with Gasteiger partial charge in [-0.15, -0.1) is 0 Å². The van der Waals surface area contributed by atoms with E-state index in [4.69, 9.17) is 4.74 Å². The highest BCUT2D eigenvalue weighted by Gasteiger charge is 2.33. The van der Waals surface area contributed by atoms with Crippen LogP contribution in [-0.2, 0) is 4.74 Å². The van der Waals surface area contributed by atoms with Gasteiger partial charge in [-0.1, -0.05) is 6.07 Å². The predicted molar refractivity (Wildman–Crippen MR) is 88.8 cm³/mol. The first-order valence-electron chi connectivity index (χ1n) is 8.60. The molecule has 0 amide bonds. The van der Waals surface area contributed by atoms with Gasteiger partial charge in [0.25, 0.3) is 0 Å². The quantitative estimate of drug-likeness (QED) is 0.690. The van der Waals surface area contributed by atoms with Crippen molar-refractivity contribution in [3.8, 4) is 0 Å². The molecule has 0 N–H and O–H groups in total. The number of hydrogen-bond donors (Lipinski definition) is 0. The molecule has 1 aromatic rings. The summed E-state index contributed by atoms with van der Waals surface area (Å²) in [5, 5.41) is 0. The van der Waals surface area contributed by atoms with Crippen LogP contribution in [0, 0.1) is 11.8 Å². The van der Waals surface area contributed by atoms with Crippen molar-refractivity contribution >= 4 is 0 Å². The Balaban J connectivity index is 1.47. The van der Waals surface area contributed by atoms with E-state index in [0.717, 1.165) is 32.2 Å². The minimum atomic E-state index is 0.503. The lowest BCUT2D eigenvalue weighted by atomic mass is 9.94. The fourth-order valence-corrected chi connectivity index (χ4v) is 3.54. The molecule has 2 aliphatic rings. The summed E-state index contributed by atoms with van der Waals surface area (Å²) in [4.78, 5) is 9.20. The lowest BCUT2D eigenvalue weighted by molar-refractivity contribution is 0.0966. The Bertz CT molecular complexity index is 449. The molecule has 2 atom stereocenters. The molecule has 2 fully saturated rings. The Hall–Kier alpha value is -0.970. The minimum Gasteiger partial charge on any atom is -0.380 e. The number of aromatic nitrogens is 1. The van der Waals surface area contributed by atoms with Crippen LogP contribution < -0.4 is 0 Å².